The first-order valence-electron chi connectivity index (χ1n) is 7.89. The molecule has 0 spiro atoms. The van der Waals surface area contributed by atoms with Crippen LogP contribution < -0.4 is 10.6 Å². The molecule has 0 fully saturated rings. The minimum absolute atomic E-state index is 0.0606. The minimum Gasteiger partial charge on any atom is -0.347 e. The van der Waals surface area contributed by atoms with Crippen LogP contribution >= 0.6 is 0 Å². The molecule has 6 heteroatoms. The average Bonchev–Trinajstić information content (AvgIpc) is 3.16. The van der Waals surface area contributed by atoms with Gasteiger partial charge >= 0.3 is 0 Å². The quantitative estimate of drug-likeness (QED) is 0.725. The van der Waals surface area contributed by atoms with Crippen LogP contribution in [0.5, 0.6) is 0 Å². The molecule has 2 N–H and O–H groups in total. The van der Waals surface area contributed by atoms with Crippen LogP contribution in [0.1, 0.15) is 5.56 Å². The van der Waals surface area contributed by atoms with Crippen LogP contribution in [-0.4, -0.2) is 27.9 Å². The van der Waals surface area contributed by atoms with E-state index in [0.29, 0.717) is 5.69 Å². The van der Waals surface area contributed by atoms with Gasteiger partial charge in [-0.2, -0.15) is 0 Å². The minimum atomic E-state index is -0.267. The van der Waals surface area contributed by atoms with Gasteiger partial charge in [0.2, 0.25) is 11.8 Å². The third-order valence-corrected chi connectivity index (χ3v) is 3.61. The molecule has 1 aromatic heterocycles. The third kappa shape index (κ3) is 4.78. The summed E-state index contributed by atoms with van der Waals surface area (Å²) in [5.74, 6) is -0.450. The second-order valence-electron chi connectivity index (χ2n) is 5.50. The molecule has 0 aliphatic heterocycles. The molecule has 0 saturated heterocycles. The summed E-state index contributed by atoms with van der Waals surface area (Å²) in [5, 5.41) is 5.38. The second-order valence-corrected chi connectivity index (χ2v) is 5.50. The summed E-state index contributed by atoms with van der Waals surface area (Å²) in [5.41, 5.74) is 2.54. The summed E-state index contributed by atoms with van der Waals surface area (Å²) in [7, 11) is 0. The topological polar surface area (TPSA) is 76.0 Å². The lowest BCUT2D eigenvalue weighted by Crippen LogP contribution is -2.33. The van der Waals surface area contributed by atoms with Crippen molar-refractivity contribution < 1.29 is 9.59 Å². The maximum absolute atomic E-state index is 11.9. The van der Waals surface area contributed by atoms with Crippen LogP contribution in [0.4, 0.5) is 5.69 Å². The molecule has 0 bridgehead atoms. The number of aromatic nitrogens is 2. The normalized spacial score (nSPS) is 10.2. The highest BCUT2D eigenvalue weighted by molar-refractivity contribution is 5.94. The van der Waals surface area contributed by atoms with Crippen LogP contribution in [-0.2, 0) is 16.0 Å². The first kappa shape index (κ1) is 16.4. The van der Waals surface area contributed by atoms with Crippen molar-refractivity contribution in [3.63, 3.8) is 0 Å². The van der Waals surface area contributed by atoms with Crippen molar-refractivity contribution in [3.8, 4) is 5.69 Å². The zero-order valence-corrected chi connectivity index (χ0v) is 13.6. The molecule has 25 heavy (non-hydrogen) atoms. The molecule has 0 unspecified atom stereocenters. The van der Waals surface area contributed by atoms with E-state index in [9.17, 15) is 9.59 Å². The third-order valence-electron chi connectivity index (χ3n) is 3.61. The molecular weight excluding hydrogens is 316 g/mol. The van der Waals surface area contributed by atoms with Gasteiger partial charge in [-0.15, -0.1) is 0 Å². The number of anilines is 1. The number of imidazole rings is 1. The molecular formula is C19H18N4O2. The van der Waals surface area contributed by atoms with E-state index in [0.717, 1.165) is 11.3 Å². The number of carbonyl (C=O) groups is 2. The largest absolute Gasteiger partial charge is 0.347 e. The lowest BCUT2D eigenvalue weighted by Gasteiger charge is -2.08. The Kier molecular flexibility index (Phi) is 5.21. The van der Waals surface area contributed by atoms with E-state index >= 15 is 0 Å². The summed E-state index contributed by atoms with van der Waals surface area (Å²) in [6.45, 7) is -0.0606. The summed E-state index contributed by atoms with van der Waals surface area (Å²) in [4.78, 5) is 27.8. The molecule has 0 saturated carbocycles. The Bertz CT molecular complexity index is 828. The number of rotatable bonds is 6. The SMILES string of the molecule is O=C(Cc1ccccc1)NCC(=O)Nc1ccc(-n2ccnc2)cc1. The standard InChI is InChI=1S/C19H18N4O2/c24-18(12-15-4-2-1-3-5-15)21-13-19(25)22-16-6-8-17(9-7-16)23-11-10-20-14-23/h1-11,14H,12-13H2,(H,21,24)(H,22,25). The number of hydrogen-bond acceptors (Lipinski definition) is 3. The van der Waals surface area contributed by atoms with Gasteiger partial charge in [-0.1, -0.05) is 30.3 Å². The highest BCUT2D eigenvalue weighted by atomic mass is 16.2. The van der Waals surface area contributed by atoms with Crippen molar-refractivity contribution in [1.29, 1.82) is 0 Å². The van der Waals surface area contributed by atoms with Gasteiger partial charge in [0.25, 0.3) is 0 Å². The maximum Gasteiger partial charge on any atom is 0.243 e. The molecule has 3 aromatic rings. The number of nitrogens with zero attached hydrogens (tertiary/aromatic N) is 2. The predicted octanol–water partition coefficient (Wildman–Crippen LogP) is 2.17. The Hall–Kier alpha value is -3.41. The van der Waals surface area contributed by atoms with Gasteiger partial charge in [-0.3, -0.25) is 9.59 Å². The maximum atomic E-state index is 11.9. The number of benzene rings is 2. The smallest absolute Gasteiger partial charge is 0.243 e. The first-order valence-corrected chi connectivity index (χ1v) is 7.89. The van der Waals surface area contributed by atoms with Crippen molar-refractivity contribution in [1.82, 2.24) is 14.9 Å². The van der Waals surface area contributed by atoms with Crippen molar-refractivity contribution in [2.75, 3.05) is 11.9 Å². The highest BCUT2D eigenvalue weighted by Gasteiger charge is 2.07. The fourth-order valence-electron chi connectivity index (χ4n) is 2.36. The Morgan fingerprint density at radius 2 is 1.72 bits per heavy atom. The molecule has 3 rings (SSSR count). The Morgan fingerprint density at radius 3 is 2.40 bits per heavy atom. The van der Waals surface area contributed by atoms with E-state index in [-0.39, 0.29) is 24.8 Å². The van der Waals surface area contributed by atoms with Crippen LogP contribution in [0.3, 0.4) is 0 Å². The van der Waals surface area contributed by atoms with Gasteiger partial charge in [0.05, 0.1) is 19.3 Å². The lowest BCUT2D eigenvalue weighted by molar-refractivity contribution is -0.123. The first-order chi connectivity index (χ1) is 12.2. The molecule has 126 valence electrons. The van der Waals surface area contributed by atoms with E-state index in [4.69, 9.17) is 0 Å². The number of carbonyl (C=O) groups excluding carboxylic acids is 2. The van der Waals surface area contributed by atoms with E-state index in [1.165, 1.54) is 0 Å². The van der Waals surface area contributed by atoms with Gasteiger partial charge in [0.1, 0.15) is 0 Å². The van der Waals surface area contributed by atoms with Crippen molar-refractivity contribution in [3.05, 3.63) is 78.9 Å². The van der Waals surface area contributed by atoms with E-state index < -0.39 is 0 Å². The fraction of sp³-hybridized carbons (Fsp3) is 0.105. The molecule has 1 heterocycles. The summed E-state index contributed by atoms with van der Waals surface area (Å²) in [6, 6.07) is 16.8. The van der Waals surface area contributed by atoms with Crippen molar-refractivity contribution in [2.45, 2.75) is 6.42 Å². The number of nitrogens with one attached hydrogen (secondary N) is 2. The van der Waals surface area contributed by atoms with E-state index in [2.05, 4.69) is 15.6 Å². The lowest BCUT2D eigenvalue weighted by atomic mass is 10.1. The van der Waals surface area contributed by atoms with Crippen LogP contribution in [0.15, 0.2) is 73.3 Å². The Balaban J connectivity index is 1.47. The monoisotopic (exact) mass is 334 g/mol. The van der Waals surface area contributed by atoms with Crippen LogP contribution in [0.25, 0.3) is 5.69 Å². The van der Waals surface area contributed by atoms with E-state index in [1.54, 1.807) is 24.7 Å². The molecule has 0 aliphatic rings. The molecule has 6 nitrogen and oxygen atoms in total. The molecule has 0 atom stereocenters. The Labute approximate surface area is 145 Å². The fourth-order valence-corrected chi connectivity index (χ4v) is 2.36. The predicted molar refractivity (Wildman–Crippen MR) is 95.3 cm³/mol. The average molecular weight is 334 g/mol. The Morgan fingerprint density at radius 1 is 0.960 bits per heavy atom. The molecule has 2 aromatic carbocycles. The zero-order chi connectivity index (χ0) is 17.5. The summed E-state index contributed by atoms with van der Waals surface area (Å²) < 4.78 is 1.87. The summed E-state index contributed by atoms with van der Waals surface area (Å²) >= 11 is 0. The highest BCUT2D eigenvalue weighted by Crippen LogP contribution is 2.12. The van der Waals surface area contributed by atoms with Gasteiger partial charge in [-0.25, -0.2) is 4.98 Å². The molecule has 2 amide bonds. The van der Waals surface area contributed by atoms with Gasteiger partial charge < -0.3 is 15.2 Å². The number of amides is 2. The molecule has 0 aliphatic carbocycles. The van der Waals surface area contributed by atoms with Crippen LogP contribution in [0, 0.1) is 0 Å². The van der Waals surface area contributed by atoms with Gasteiger partial charge in [0.15, 0.2) is 0 Å². The second kappa shape index (κ2) is 7.92. The summed E-state index contributed by atoms with van der Waals surface area (Å²) in [6.07, 6.45) is 5.51. The van der Waals surface area contributed by atoms with Gasteiger partial charge in [0, 0.05) is 23.8 Å². The molecule has 0 radical (unpaired) electrons. The zero-order valence-electron chi connectivity index (χ0n) is 13.6. The number of hydrogen-bond donors (Lipinski definition) is 2. The van der Waals surface area contributed by atoms with Crippen molar-refractivity contribution in [2.24, 2.45) is 0 Å². The van der Waals surface area contributed by atoms with Crippen molar-refractivity contribution >= 4 is 17.5 Å². The van der Waals surface area contributed by atoms with Gasteiger partial charge in [-0.05, 0) is 29.8 Å². The van der Waals surface area contributed by atoms with Crippen LogP contribution in [0.2, 0.25) is 0 Å². The van der Waals surface area contributed by atoms with E-state index in [1.807, 2.05) is 53.2 Å².